The van der Waals surface area contributed by atoms with Crippen LogP contribution in [0.1, 0.15) is 25.0 Å². The second kappa shape index (κ2) is 12.1. The van der Waals surface area contributed by atoms with Crippen molar-refractivity contribution in [2.24, 2.45) is 5.73 Å². The van der Waals surface area contributed by atoms with E-state index >= 15 is 0 Å². The van der Waals surface area contributed by atoms with E-state index in [4.69, 9.17) is 10.5 Å². The summed E-state index contributed by atoms with van der Waals surface area (Å²) in [4.78, 5) is 44.9. The second-order valence-corrected chi connectivity index (χ2v) is 10.7. The monoisotopic (exact) mass is 543 g/mol. The molecular weight excluding hydrogens is 506 g/mol. The lowest BCUT2D eigenvalue weighted by Crippen LogP contribution is -2.66. The Labute approximate surface area is 230 Å². The lowest BCUT2D eigenvalue weighted by molar-refractivity contribution is -0.142. The number of rotatable bonds is 9. The average Bonchev–Trinajstić information content (AvgIpc) is 3.12. The van der Waals surface area contributed by atoms with E-state index in [0.717, 1.165) is 11.1 Å². The number of benzene rings is 2. The maximum absolute atomic E-state index is 13.8. The van der Waals surface area contributed by atoms with E-state index in [2.05, 4.69) is 5.32 Å². The summed E-state index contributed by atoms with van der Waals surface area (Å²) >= 11 is 0. The van der Waals surface area contributed by atoms with Crippen LogP contribution in [-0.2, 0) is 27.4 Å². The first kappa shape index (κ1) is 29.4. The highest BCUT2D eigenvalue weighted by Gasteiger charge is 2.52. The van der Waals surface area contributed by atoms with Crippen LogP contribution in [0.3, 0.4) is 0 Å². The molecule has 2 heterocycles. The highest BCUT2D eigenvalue weighted by atomic mass is 35.5. The summed E-state index contributed by atoms with van der Waals surface area (Å²) < 4.78 is 5.87. The number of nitrogens with one attached hydrogen (secondary N) is 1. The number of carbonyl (C=O) groups is 3. The fraction of sp³-hybridized carbons (Fsp3) is 0.464. The fourth-order valence-corrected chi connectivity index (χ4v) is 5.11. The molecule has 2 atom stereocenters. The van der Waals surface area contributed by atoms with Gasteiger partial charge in [0, 0.05) is 33.2 Å². The van der Waals surface area contributed by atoms with Crippen LogP contribution in [0.2, 0.25) is 0 Å². The van der Waals surface area contributed by atoms with Crippen molar-refractivity contribution >= 4 is 30.3 Å². The molecule has 10 heteroatoms. The summed E-state index contributed by atoms with van der Waals surface area (Å²) in [6.45, 7) is 5.22. The Balaban J connectivity index is 0.00000400. The van der Waals surface area contributed by atoms with Gasteiger partial charge in [0.2, 0.25) is 11.8 Å². The highest BCUT2D eigenvalue weighted by Crippen LogP contribution is 2.33. The molecule has 0 saturated carbocycles. The van der Waals surface area contributed by atoms with Crippen molar-refractivity contribution in [2.75, 3.05) is 39.8 Å². The minimum Gasteiger partial charge on any atom is -0.374 e. The van der Waals surface area contributed by atoms with Crippen LogP contribution < -0.4 is 11.1 Å². The predicted molar refractivity (Wildman–Crippen MR) is 148 cm³/mol. The van der Waals surface area contributed by atoms with Gasteiger partial charge in [-0.2, -0.15) is 0 Å². The van der Waals surface area contributed by atoms with Crippen LogP contribution in [0.4, 0.5) is 4.79 Å². The molecule has 2 saturated heterocycles. The third-order valence-corrected chi connectivity index (χ3v) is 7.01. The summed E-state index contributed by atoms with van der Waals surface area (Å²) in [6, 6.07) is 18.7. The van der Waals surface area contributed by atoms with Gasteiger partial charge in [-0.1, -0.05) is 60.7 Å². The first-order chi connectivity index (χ1) is 17.6. The van der Waals surface area contributed by atoms with Crippen LogP contribution in [0, 0.1) is 0 Å². The molecule has 0 radical (unpaired) electrons. The predicted octanol–water partition coefficient (Wildman–Crippen LogP) is 2.04. The van der Waals surface area contributed by atoms with Crippen molar-refractivity contribution < 1.29 is 19.1 Å². The molecule has 2 fully saturated rings. The lowest BCUT2D eigenvalue weighted by Gasteiger charge is -2.46. The Bertz CT molecular complexity index is 1110. The van der Waals surface area contributed by atoms with Crippen LogP contribution in [0.25, 0.3) is 0 Å². The van der Waals surface area contributed by atoms with Crippen molar-refractivity contribution in [3.63, 3.8) is 0 Å². The molecule has 2 aromatic carbocycles. The largest absolute Gasteiger partial charge is 0.374 e. The summed E-state index contributed by atoms with van der Waals surface area (Å²) in [5.41, 5.74) is 6.39. The molecule has 0 unspecified atom stereocenters. The average molecular weight is 544 g/mol. The number of piperazine rings is 1. The number of fused-ring (bicyclic) bond motifs is 1. The normalized spacial score (nSPS) is 20.0. The van der Waals surface area contributed by atoms with Gasteiger partial charge in [-0.25, -0.2) is 4.79 Å². The molecule has 38 heavy (non-hydrogen) atoms. The molecule has 2 aromatic rings. The summed E-state index contributed by atoms with van der Waals surface area (Å²) in [6.07, 6.45) is 0.630. The van der Waals surface area contributed by atoms with E-state index in [0.29, 0.717) is 39.2 Å². The number of carbonyl (C=O) groups excluding carboxylic acids is 3. The first-order valence-electron chi connectivity index (χ1n) is 12.7. The minimum absolute atomic E-state index is 0. The maximum Gasteiger partial charge on any atom is 0.320 e. The molecular formula is C28H38ClN5O4. The van der Waals surface area contributed by atoms with Crippen LogP contribution in [0.5, 0.6) is 0 Å². The van der Waals surface area contributed by atoms with Gasteiger partial charge in [0.15, 0.2) is 0 Å². The molecule has 0 bridgehead atoms. The quantitative estimate of drug-likeness (QED) is 0.503. The van der Waals surface area contributed by atoms with E-state index in [1.807, 2.05) is 65.6 Å². The minimum atomic E-state index is -1.15. The summed E-state index contributed by atoms with van der Waals surface area (Å²) in [5, 5.41) is 2.81. The Hall–Kier alpha value is -3.14. The van der Waals surface area contributed by atoms with Crippen LogP contribution in [0.15, 0.2) is 60.7 Å². The molecule has 0 aromatic heterocycles. The number of ether oxygens (including phenoxy) is 1. The Morgan fingerprint density at radius 1 is 1.03 bits per heavy atom. The number of hydrogen-bond acceptors (Lipinski definition) is 5. The Kier molecular flexibility index (Phi) is 9.40. The number of nitrogens with zero attached hydrogens (tertiary/aromatic N) is 3. The number of halogens is 1. The number of amides is 4. The molecule has 9 nitrogen and oxygen atoms in total. The van der Waals surface area contributed by atoms with Gasteiger partial charge >= 0.3 is 6.03 Å². The number of nitrogens with two attached hydrogens (primary N) is 1. The summed E-state index contributed by atoms with van der Waals surface area (Å²) in [5.74, 6) is -0.665. The molecule has 206 valence electrons. The lowest BCUT2D eigenvalue weighted by atomic mass is 9.87. The van der Waals surface area contributed by atoms with E-state index in [9.17, 15) is 14.4 Å². The van der Waals surface area contributed by atoms with E-state index in [-0.39, 0.29) is 31.0 Å². The molecule has 3 N–H and O–H groups in total. The maximum atomic E-state index is 13.8. The van der Waals surface area contributed by atoms with E-state index < -0.39 is 23.0 Å². The van der Waals surface area contributed by atoms with Gasteiger partial charge in [-0.05, 0) is 31.4 Å². The molecule has 0 spiro atoms. The Morgan fingerprint density at radius 2 is 1.63 bits per heavy atom. The molecule has 4 rings (SSSR count). The fourth-order valence-electron chi connectivity index (χ4n) is 5.11. The van der Waals surface area contributed by atoms with Gasteiger partial charge in [0.05, 0.1) is 24.3 Å². The zero-order valence-electron chi connectivity index (χ0n) is 22.3. The number of hydrogen-bond donors (Lipinski definition) is 2. The Morgan fingerprint density at radius 3 is 2.24 bits per heavy atom. The van der Waals surface area contributed by atoms with E-state index in [1.54, 1.807) is 30.7 Å². The third-order valence-electron chi connectivity index (χ3n) is 7.01. The molecule has 4 amide bonds. The third kappa shape index (κ3) is 6.64. The van der Waals surface area contributed by atoms with E-state index in [1.165, 1.54) is 0 Å². The molecule has 2 aliphatic rings. The SMILES string of the molecule is CN1C[C@]2(Cc3ccccc3)CN(C(=O)[C@@H](COCc3ccccc3)NC(=O)C(C)(C)N)CCN2C1=O.Cl. The zero-order valence-corrected chi connectivity index (χ0v) is 23.1. The van der Waals surface area contributed by atoms with Crippen molar-refractivity contribution in [3.8, 4) is 0 Å². The van der Waals surface area contributed by atoms with Gasteiger partial charge in [-0.15, -0.1) is 12.4 Å². The van der Waals surface area contributed by atoms with Gasteiger partial charge in [0.1, 0.15) is 6.04 Å². The first-order valence-corrected chi connectivity index (χ1v) is 12.7. The smallest absolute Gasteiger partial charge is 0.320 e. The number of likely N-dealkylation sites (N-methyl/N-ethyl adjacent to an activating group) is 1. The van der Waals surface area contributed by atoms with Crippen molar-refractivity contribution in [1.82, 2.24) is 20.0 Å². The van der Waals surface area contributed by atoms with Crippen LogP contribution in [-0.4, -0.2) is 89.5 Å². The van der Waals surface area contributed by atoms with Crippen molar-refractivity contribution in [2.45, 2.75) is 44.0 Å². The number of urea groups is 1. The second-order valence-electron chi connectivity index (χ2n) is 10.7. The standard InChI is InChI=1S/C28H37N5O4.ClH/c1-27(2,29)25(35)30-23(18-37-17-22-12-8-5-9-13-22)24(34)32-14-15-33-26(36)31(3)19-28(33,20-32)16-21-10-6-4-7-11-21;/h4-13,23H,14-20,29H2,1-3H3,(H,30,35);1H/t23-,28-;/m1./s1. The summed E-state index contributed by atoms with van der Waals surface area (Å²) in [7, 11) is 1.79. The molecule has 2 aliphatic heterocycles. The van der Waals surface area contributed by atoms with Crippen molar-refractivity contribution in [1.29, 1.82) is 0 Å². The topological polar surface area (TPSA) is 108 Å². The zero-order chi connectivity index (χ0) is 26.6. The molecule has 0 aliphatic carbocycles. The van der Waals surface area contributed by atoms with Crippen molar-refractivity contribution in [3.05, 3.63) is 71.8 Å². The van der Waals surface area contributed by atoms with Gasteiger partial charge in [-0.3, -0.25) is 9.59 Å². The van der Waals surface area contributed by atoms with Crippen LogP contribution >= 0.6 is 12.4 Å². The van der Waals surface area contributed by atoms with Gasteiger partial charge in [0.25, 0.3) is 0 Å². The van der Waals surface area contributed by atoms with Gasteiger partial charge < -0.3 is 30.5 Å². The highest BCUT2D eigenvalue weighted by molar-refractivity contribution is 5.92.